The summed E-state index contributed by atoms with van der Waals surface area (Å²) in [6.07, 6.45) is -0.365. The Bertz CT molecular complexity index is 802. The van der Waals surface area contributed by atoms with Crippen LogP contribution in [0.2, 0.25) is 5.02 Å². The van der Waals surface area contributed by atoms with Crippen molar-refractivity contribution >= 4 is 40.5 Å². The molecule has 0 unspecified atom stereocenters. The van der Waals surface area contributed by atoms with Crippen molar-refractivity contribution in [2.45, 2.75) is 12.8 Å². The van der Waals surface area contributed by atoms with Crippen LogP contribution >= 0.6 is 11.6 Å². The van der Waals surface area contributed by atoms with Gasteiger partial charge in [0.25, 0.3) is 0 Å². The lowest BCUT2D eigenvalue weighted by Gasteiger charge is -2.37. The van der Waals surface area contributed by atoms with E-state index in [0.717, 1.165) is 42.6 Å². The Kier molecular flexibility index (Phi) is 6.19. The van der Waals surface area contributed by atoms with E-state index in [1.54, 1.807) is 0 Å². The number of carboxylic acid groups (broad SMARTS) is 1. The van der Waals surface area contributed by atoms with Crippen LogP contribution < -0.4 is 20.2 Å². The van der Waals surface area contributed by atoms with Crippen molar-refractivity contribution in [1.29, 1.82) is 0 Å². The van der Waals surface area contributed by atoms with Crippen molar-refractivity contribution in [3.05, 3.63) is 53.6 Å². The fourth-order valence-corrected chi connectivity index (χ4v) is 3.27. The number of rotatable bonds is 6. The fraction of sp³-hybridized carbons (Fsp3) is 0.300. The lowest BCUT2D eigenvalue weighted by Crippen LogP contribution is -2.46. The Morgan fingerprint density at radius 3 is 2.15 bits per heavy atom. The summed E-state index contributed by atoms with van der Waals surface area (Å²) in [7, 11) is 0. The second-order valence-electron chi connectivity index (χ2n) is 6.42. The highest BCUT2D eigenvalue weighted by Crippen LogP contribution is 2.24. The second kappa shape index (κ2) is 8.77. The number of nitrogens with one attached hydrogen (secondary N) is 1. The molecule has 1 aliphatic rings. The molecule has 0 bridgehead atoms. The van der Waals surface area contributed by atoms with E-state index >= 15 is 0 Å². The number of halogens is 1. The molecular formula is C20H21ClN3O3-. The van der Waals surface area contributed by atoms with Crippen LogP contribution in [0, 0.1) is 0 Å². The third kappa shape index (κ3) is 5.37. The number of carbonyl (C=O) groups is 2. The summed E-state index contributed by atoms with van der Waals surface area (Å²) in [5.74, 6) is -1.56. The van der Waals surface area contributed by atoms with Gasteiger partial charge in [0, 0.05) is 60.7 Å². The lowest BCUT2D eigenvalue weighted by atomic mass is 10.2. The number of piperazine rings is 1. The van der Waals surface area contributed by atoms with Gasteiger partial charge in [0.15, 0.2) is 0 Å². The molecule has 0 spiro atoms. The number of benzene rings is 2. The molecule has 1 aliphatic heterocycles. The summed E-state index contributed by atoms with van der Waals surface area (Å²) in [6.45, 7) is 3.60. The van der Waals surface area contributed by atoms with Crippen molar-refractivity contribution in [3.63, 3.8) is 0 Å². The second-order valence-corrected chi connectivity index (χ2v) is 6.86. The maximum absolute atomic E-state index is 11.7. The smallest absolute Gasteiger partial charge is 0.224 e. The van der Waals surface area contributed by atoms with Gasteiger partial charge in [-0.2, -0.15) is 0 Å². The first-order chi connectivity index (χ1) is 13.0. The van der Waals surface area contributed by atoms with E-state index in [0.29, 0.717) is 5.69 Å². The van der Waals surface area contributed by atoms with E-state index in [9.17, 15) is 14.7 Å². The van der Waals surface area contributed by atoms with Crippen LogP contribution in [0.25, 0.3) is 0 Å². The molecule has 0 aromatic heterocycles. The first-order valence-electron chi connectivity index (χ1n) is 8.86. The number of anilines is 3. The van der Waals surface area contributed by atoms with E-state index in [1.165, 1.54) is 0 Å². The molecule has 2 aromatic carbocycles. The zero-order chi connectivity index (χ0) is 19.2. The molecule has 1 amide bonds. The summed E-state index contributed by atoms with van der Waals surface area (Å²) >= 11 is 6.08. The Labute approximate surface area is 163 Å². The number of hydrogen-bond acceptors (Lipinski definition) is 5. The molecular weight excluding hydrogens is 366 g/mol. The molecule has 3 rings (SSSR count). The van der Waals surface area contributed by atoms with Gasteiger partial charge in [-0.05, 0) is 48.9 Å². The van der Waals surface area contributed by atoms with Crippen LogP contribution in [0.15, 0.2) is 48.5 Å². The van der Waals surface area contributed by atoms with Crippen molar-refractivity contribution < 1.29 is 14.7 Å². The van der Waals surface area contributed by atoms with Crippen LogP contribution in [0.5, 0.6) is 0 Å². The number of aliphatic carboxylic acids is 1. The van der Waals surface area contributed by atoms with E-state index < -0.39 is 5.97 Å². The van der Waals surface area contributed by atoms with Crippen molar-refractivity contribution in [2.24, 2.45) is 0 Å². The minimum atomic E-state index is -1.22. The van der Waals surface area contributed by atoms with E-state index in [-0.39, 0.29) is 18.7 Å². The van der Waals surface area contributed by atoms with Gasteiger partial charge in [0.05, 0.1) is 0 Å². The molecule has 0 saturated carbocycles. The Morgan fingerprint density at radius 2 is 1.56 bits per heavy atom. The van der Waals surface area contributed by atoms with Crippen LogP contribution in [0.1, 0.15) is 12.8 Å². The van der Waals surface area contributed by atoms with E-state index in [2.05, 4.69) is 21.2 Å². The molecule has 1 N–H and O–H groups in total. The van der Waals surface area contributed by atoms with Gasteiger partial charge in [-0.25, -0.2) is 0 Å². The van der Waals surface area contributed by atoms with Gasteiger partial charge >= 0.3 is 0 Å². The molecule has 142 valence electrons. The molecule has 0 atom stereocenters. The zero-order valence-corrected chi connectivity index (χ0v) is 15.6. The summed E-state index contributed by atoms with van der Waals surface area (Å²) in [5, 5.41) is 13.8. The highest BCUT2D eigenvalue weighted by molar-refractivity contribution is 6.30. The SMILES string of the molecule is O=C([O-])CCC(=O)Nc1ccc(N2CCN(c3cccc(Cl)c3)CC2)cc1. The number of amides is 1. The first-order valence-corrected chi connectivity index (χ1v) is 9.24. The molecule has 1 heterocycles. The van der Waals surface area contributed by atoms with Gasteiger partial charge in [0.2, 0.25) is 5.91 Å². The third-order valence-electron chi connectivity index (χ3n) is 4.53. The van der Waals surface area contributed by atoms with Gasteiger partial charge in [-0.3, -0.25) is 4.79 Å². The third-order valence-corrected chi connectivity index (χ3v) is 4.76. The van der Waals surface area contributed by atoms with E-state index in [4.69, 9.17) is 11.6 Å². The average molecular weight is 387 g/mol. The predicted octanol–water partition coefficient (Wildman–Crippen LogP) is 2.14. The number of hydrogen-bond donors (Lipinski definition) is 1. The van der Waals surface area contributed by atoms with Crippen LogP contribution in [0.4, 0.5) is 17.1 Å². The fourth-order valence-electron chi connectivity index (χ4n) is 3.09. The maximum Gasteiger partial charge on any atom is 0.224 e. The molecule has 6 nitrogen and oxygen atoms in total. The molecule has 7 heteroatoms. The van der Waals surface area contributed by atoms with Crippen molar-refractivity contribution in [2.75, 3.05) is 41.3 Å². The lowest BCUT2D eigenvalue weighted by molar-refractivity contribution is -0.305. The minimum absolute atomic E-state index is 0.0878. The molecule has 27 heavy (non-hydrogen) atoms. The van der Waals surface area contributed by atoms with Crippen molar-refractivity contribution in [1.82, 2.24) is 0 Å². The molecule has 1 fully saturated rings. The quantitative estimate of drug-likeness (QED) is 0.823. The Balaban J connectivity index is 1.52. The molecule has 0 aliphatic carbocycles. The standard InChI is InChI=1S/C20H22ClN3O3/c21-15-2-1-3-18(14-15)24-12-10-23(11-13-24)17-6-4-16(5-7-17)22-19(25)8-9-20(26)27/h1-7,14H,8-13H2,(H,22,25)(H,26,27)/p-1. The Hall–Kier alpha value is -2.73. The summed E-state index contributed by atoms with van der Waals surface area (Å²) in [6, 6.07) is 15.5. The van der Waals surface area contributed by atoms with Gasteiger partial charge < -0.3 is 25.0 Å². The predicted molar refractivity (Wildman–Crippen MR) is 105 cm³/mol. The monoisotopic (exact) mass is 386 g/mol. The molecule has 0 radical (unpaired) electrons. The summed E-state index contributed by atoms with van der Waals surface area (Å²) in [5.41, 5.74) is 2.88. The first kappa shape index (κ1) is 19.0. The maximum atomic E-state index is 11.7. The van der Waals surface area contributed by atoms with Gasteiger partial charge in [0.1, 0.15) is 0 Å². The van der Waals surface area contributed by atoms with Crippen LogP contribution in [-0.4, -0.2) is 38.1 Å². The average Bonchev–Trinajstić information content (AvgIpc) is 2.67. The minimum Gasteiger partial charge on any atom is -0.550 e. The van der Waals surface area contributed by atoms with E-state index in [1.807, 2.05) is 42.5 Å². The Morgan fingerprint density at radius 1 is 0.926 bits per heavy atom. The zero-order valence-electron chi connectivity index (χ0n) is 14.9. The highest BCUT2D eigenvalue weighted by atomic mass is 35.5. The summed E-state index contributed by atoms with van der Waals surface area (Å²) < 4.78 is 0. The van der Waals surface area contributed by atoms with Crippen LogP contribution in [-0.2, 0) is 9.59 Å². The number of carbonyl (C=O) groups excluding carboxylic acids is 2. The highest BCUT2D eigenvalue weighted by Gasteiger charge is 2.17. The normalized spacial score (nSPS) is 14.1. The molecule has 1 saturated heterocycles. The van der Waals surface area contributed by atoms with Crippen molar-refractivity contribution in [3.8, 4) is 0 Å². The largest absolute Gasteiger partial charge is 0.550 e. The molecule has 2 aromatic rings. The topological polar surface area (TPSA) is 75.7 Å². The number of nitrogens with zero attached hydrogens (tertiary/aromatic N) is 2. The van der Waals surface area contributed by atoms with Crippen LogP contribution in [0.3, 0.4) is 0 Å². The van der Waals surface area contributed by atoms with Gasteiger partial charge in [-0.15, -0.1) is 0 Å². The number of carboxylic acids is 1. The summed E-state index contributed by atoms with van der Waals surface area (Å²) in [4.78, 5) is 26.7. The van der Waals surface area contributed by atoms with Gasteiger partial charge in [-0.1, -0.05) is 17.7 Å².